The zero-order valence-corrected chi connectivity index (χ0v) is 25.1. The van der Waals surface area contributed by atoms with Gasteiger partial charge in [0.2, 0.25) is 0 Å². The summed E-state index contributed by atoms with van der Waals surface area (Å²) in [7, 11) is 1.35. The number of amides is 1. The molecule has 4 aromatic rings. The summed E-state index contributed by atoms with van der Waals surface area (Å²) in [4.78, 5) is 27.6. The summed E-state index contributed by atoms with van der Waals surface area (Å²) in [6, 6.07) is 16.3. The van der Waals surface area contributed by atoms with E-state index in [2.05, 4.69) is 24.2 Å². The third-order valence-electron chi connectivity index (χ3n) is 8.18. The van der Waals surface area contributed by atoms with Gasteiger partial charge in [0.1, 0.15) is 11.5 Å². The third kappa shape index (κ3) is 6.05. The molecule has 1 unspecified atom stereocenters. The first-order valence-electron chi connectivity index (χ1n) is 13.7. The molecule has 1 aliphatic heterocycles. The molecule has 0 saturated carbocycles. The van der Waals surface area contributed by atoms with Gasteiger partial charge in [-0.05, 0) is 72.4 Å². The Kier molecular flexibility index (Phi) is 8.66. The minimum atomic E-state index is -0.440. The average molecular weight is 610 g/mol. The fourth-order valence-corrected chi connectivity index (χ4v) is 5.92. The van der Waals surface area contributed by atoms with E-state index in [0.29, 0.717) is 57.6 Å². The lowest BCUT2D eigenvalue weighted by molar-refractivity contribution is 0.0239. The summed E-state index contributed by atoms with van der Waals surface area (Å²) >= 11 is 12.3. The lowest BCUT2D eigenvalue weighted by Gasteiger charge is -2.45. The fraction of sp³-hybridized carbons (Fsp3) is 0.312. The van der Waals surface area contributed by atoms with Crippen LogP contribution in [0, 0.1) is 17.2 Å². The smallest absolute Gasteiger partial charge is 0.337 e. The van der Waals surface area contributed by atoms with Crippen LogP contribution in [0.3, 0.4) is 0 Å². The highest BCUT2D eigenvalue weighted by atomic mass is 35.5. The number of ether oxygens (including phenoxy) is 1. The zero-order chi connectivity index (χ0) is 30.0. The molecule has 1 aromatic heterocycles. The summed E-state index contributed by atoms with van der Waals surface area (Å²) in [6.07, 6.45) is 3.63. The molecule has 42 heavy (non-hydrogen) atoms. The molecule has 3 aromatic carbocycles. The number of piperidine rings is 1. The molecule has 0 spiro atoms. The van der Waals surface area contributed by atoms with E-state index in [1.807, 2.05) is 27.9 Å². The first kappa shape index (κ1) is 29.7. The summed E-state index contributed by atoms with van der Waals surface area (Å²) in [6.45, 7) is 6.02. The lowest BCUT2D eigenvalue weighted by atomic mass is 9.71. The van der Waals surface area contributed by atoms with Crippen molar-refractivity contribution in [3.8, 4) is 22.4 Å². The SMILES string of the molecule is COC(=O)c1ccc(-c2cn(CC3(C(C)C)CCCN(C(=O)c4ccc(F)cc4-c4ccc(Cl)c(Cl)c4)C3)nn2)cc1. The quantitative estimate of drug-likeness (QED) is 0.204. The number of carbonyl (C=O) groups excluding carboxylic acids is 2. The van der Waals surface area contributed by atoms with E-state index in [1.54, 1.807) is 30.3 Å². The maximum atomic E-state index is 14.4. The molecule has 0 aliphatic carbocycles. The Labute approximate surface area is 254 Å². The van der Waals surface area contributed by atoms with E-state index >= 15 is 0 Å². The van der Waals surface area contributed by atoms with Crippen molar-refractivity contribution in [2.45, 2.75) is 33.2 Å². The molecular weight excluding hydrogens is 578 g/mol. The van der Waals surface area contributed by atoms with Crippen LogP contribution >= 0.6 is 23.2 Å². The second-order valence-electron chi connectivity index (χ2n) is 11.0. The van der Waals surface area contributed by atoms with Gasteiger partial charge >= 0.3 is 5.97 Å². The Morgan fingerprint density at radius 2 is 1.76 bits per heavy atom. The van der Waals surface area contributed by atoms with Crippen LogP contribution in [0.25, 0.3) is 22.4 Å². The van der Waals surface area contributed by atoms with Gasteiger partial charge in [-0.1, -0.05) is 60.5 Å². The van der Waals surface area contributed by atoms with E-state index in [1.165, 1.54) is 25.3 Å². The molecule has 0 N–H and O–H groups in total. The van der Waals surface area contributed by atoms with Gasteiger partial charge in [0, 0.05) is 29.6 Å². The van der Waals surface area contributed by atoms with Crippen LogP contribution in [0.5, 0.6) is 0 Å². The van der Waals surface area contributed by atoms with Crippen molar-refractivity contribution in [1.82, 2.24) is 19.9 Å². The molecule has 10 heteroatoms. The number of nitrogens with zero attached hydrogens (tertiary/aromatic N) is 4. The Morgan fingerprint density at radius 1 is 1.02 bits per heavy atom. The first-order valence-corrected chi connectivity index (χ1v) is 14.5. The number of hydrogen-bond donors (Lipinski definition) is 0. The predicted molar refractivity (Wildman–Crippen MR) is 161 cm³/mol. The molecule has 2 heterocycles. The van der Waals surface area contributed by atoms with Crippen molar-refractivity contribution in [3.05, 3.63) is 93.8 Å². The van der Waals surface area contributed by atoms with Crippen molar-refractivity contribution in [1.29, 1.82) is 0 Å². The molecule has 218 valence electrons. The van der Waals surface area contributed by atoms with Crippen molar-refractivity contribution >= 4 is 35.1 Å². The Hall–Kier alpha value is -3.75. The predicted octanol–water partition coefficient (Wildman–Crippen LogP) is 7.42. The van der Waals surface area contributed by atoms with E-state index in [9.17, 15) is 14.0 Å². The van der Waals surface area contributed by atoms with E-state index in [-0.39, 0.29) is 17.2 Å². The minimum Gasteiger partial charge on any atom is -0.465 e. The Bertz CT molecular complexity index is 1620. The van der Waals surface area contributed by atoms with E-state index in [4.69, 9.17) is 27.9 Å². The molecule has 1 saturated heterocycles. The van der Waals surface area contributed by atoms with Gasteiger partial charge in [-0.2, -0.15) is 0 Å². The van der Waals surface area contributed by atoms with Crippen LogP contribution in [-0.4, -0.2) is 52.0 Å². The summed E-state index contributed by atoms with van der Waals surface area (Å²) in [5.41, 5.74) is 3.23. The lowest BCUT2D eigenvalue weighted by Crippen LogP contribution is -2.50. The van der Waals surface area contributed by atoms with Crippen LogP contribution in [0.2, 0.25) is 10.0 Å². The molecule has 1 fully saturated rings. The number of benzene rings is 3. The monoisotopic (exact) mass is 608 g/mol. The number of aromatic nitrogens is 3. The van der Waals surface area contributed by atoms with E-state index < -0.39 is 11.8 Å². The van der Waals surface area contributed by atoms with Crippen molar-refractivity contribution in [2.75, 3.05) is 20.2 Å². The largest absolute Gasteiger partial charge is 0.465 e. The molecule has 1 aliphatic rings. The van der Waals surface area contributed by atoms with Crippen LogP contribution in [0.15, 0.2) is 66.9 Å². The van der Waals surface area contributed by atoms with E-state index in [0.717, 1.165) is 18.4 Å². The van der Waals surface area contributed by atoms with Crippen LogP contribution in [0.4, 0.5) is 4.39 Å². The number of halogens is 3. The standard InChI is InChI=1S/C32H31Cl2FN4O3/c1-20(2)32(19-39-17-29(36-37-39)21-5-7-22(8-6-21)31(41)42-3)13-4-14-38(18-32)30(40)25-11-10-24(35)16-26(25)23-9-12-27(33)28(34)15-23/h5-12,15-17,20H,4,13-14,18-19H2,1-3H3. The van der Waals surface area contributed by atoms with Crippen molar-refractivity contribution in [3.63, 3.8) is 0 Å². The number of carbonyl (C=O) groups is 2. The van der Waals surface area contributed by atoms with Crippen LogP contribution in [-0.2, 0) is 11.3 Å². The number of rotatable bonds is 7. The van der Waals surface area contributed by atoms with Gasteiger partial charge in [0.05, 0.1) is 35.5 Å². The normalized spacial score (nSPS) is 17.0. The number of hydrogen-bond acceptors (Lipinski definition) is 5. The van der Waals surface area contributed by atoms with Crippen LogP contribution in [0.1, 0.15) is 47.4 Å². The second-order valence-corrected chi connectivity index (χ2v) is 11.9. The first-order chi connectivity index (χ1) is 20.1. The highest BCUT2D eigenvalue weighted by Gasteiger charge is 2.41. The molecular formula is C32H31Cl2FN4O3. The van der Waals surface area contributed by atoms with Gasteiger partial charge in [-0.25, -0.2) is 9.18 Å². The van der Waals surface area contributed by atoms with Gasteiger partial charge in [0.25, 0.3) is 5.91 Å². The maximum absolute atomic E-state index is 14.4. The molecule has 1 atom stereocenters. The Balaban J connectivity index is 1.39. The minimum absolute atomic E-state index is 0.161. The maximum Gasteiger partial charge on any atom is 0.337 e. The number of methoxy groups -OCH3 is 1. The van der Waals surface area contributed by atoms with Gasteiger partial charge in [-0.3, -0.25) is 9.48 Å². The molecule has 7 nitrogen and oxygen atoms in total. The average Bonchev–Trinajstić information content (AvgIpc) is 3.46. The second kappa shape index (κ2) is 12.2. The van der Waals surface area contributed by atoms with Gasteiger partial charge in [-0.15, -0.1) is 5.10 Å². The molecule has 0 radical (unpaired) electrons. The molecule has 0 bridgehead atoms. The van der Waals surface area contributed by atoms with Gasteiger partial charge in [0.15, 0.2) is 0 Å². The van der Waals surface area contributed by atoms with Crippen LogP contribution < -0.4 is 0 Å². The highest BCUT2D eigenvalue weighted by Crippen LogP contribution is 2.40. The highest BCUT2D eigenvalue weighted by molar-refractivity contribution is 6.42. The fourth-order valence-electron chi connectivity index (χ4n) is 5.62. The summed E-state index contributed by atoms with van der Waals surface area (Å²) in [5.74, 6) is -0.761. The van der Waals surface area contributed by atoms with Gasteiger partial charge < -0.3 is 9.64 Å². The zero-order valence-electron chi connectivity index (χ0n) is 23.6. The summed E-state index contributed by atoms with van der Waals surface area (Å²) < 4.78 is 21.0. The topological polar surface area (TPSA) is 77.3 Å². The third-order valence-corrected chi connectivity index (χ3v) is 8.92. The number of likely N-dealkylation sites (tertiary alicyclic amines) is 1. The molecule has 5 rings (SSSR count). The van der Waals surface area contributed by atoms with Crippen molar-refractivity contribution in [2.24, 2.45) is 11.3 Å². The molecule has 1 amide bonds. The van der Waals surface area contributed by atoms with Crippen molar-refractivity contribution < 1.29 is 18.7 Å². The Morgan fingerprint density at radius 3 is 2.45 bits per heavy atom. The summed E-state index contributed by atoms with van der Waals surface area (Å²) in [5, 5.41) is 9.49. The number of esters is 1.